The minimum atomic E-state index is -3.90. The van der Waals surface area contributed by atoms with E-state index in [-0.39, 0.29) is 31.7 Å². The molecule has 0 bridgehead atoms. The third-order valence-corrected chi connectivity index (χ3v) is 6.07. The standard InChI is InChI=1S/C17H26N3O7P/c1-4-24-15(21)16(28(23,25-5-2)26-6-3)27-13-8-7-12(11-13)20-10-9-14(18)19-17(20)22/h7-10,12-13,16H,4-6,11H2,1-3H3,(H2,18,19,22)/t12-,13+,16?/m1/s1. The molecule has 28 heavy (non-hydrogen) atoms. The smallest absolute Gasteiger partial charge is 0.370 e. The van der Waals surface area contributed by atoms with Crippen molar-refractivity contribution in [2.75, 3.05) is 25.6 Å². The number of hydrogen-bond donors (Lipinski definition) is 1. The van der Waals surface area contributed by atoms with Gasteiger partial charge in [-0.25, -0.2) is 9.59 Å². The largest absolute Gasteiger partial charge is 0.464 e. The Morgan fingerprint density at radius 1 is 1.29 bits per heavy atom. The summed E-state index contributed by atoms with van der Waals surface area (Å²) in [6, 6.07) is 1.18. The van der Waals surface area contributed by atoms with Crippen molar-refractivity contribution >= 4 is 19.4 Å². The molecule has 10 nitrogen and oxygen atoms in total. The van der Waals surface area contributed by atoms with Crippen molar-refractivity contribution < 1.29 is 27.9 Å². The molecule has 1 aromatic rings. The lowest BCUT2D eigenvalue weighted by atomic mass is 10.2. The van der Waals surface area contributed by atoms with Gasteiger partial charge in [-0.05, 0) is 26.8 Å². The van der Waals surface area contributed by atoms with Gasteiger partial charge in [-0.3, -0.25) is 9.13 Å². The van der Waals surface area contributed by atoms with Gasteiger partial charge in [0.2, 0.25) is 0 Å². The summed E-state index contributed by atoms with van der Waals surface area (Å²) in [7, 11) is -3.90. The number of nitrogen functional groups attached to an aromatic ring is 1. The average Bonchev–Trinajstić information content (AvgIpc) is 3.08. The summed E-state index contributed by atoms with van der Waals surface area (Å²) in [6.07, 6.45) is 4.70. The molecular formula is C17H26N3O7P. The van der Waals surface area contributed by atoms with Gasteiger partial charge < -0.3 is 24.3 Å². The quantitative estimate of drug-likeness (QED) is 0.345. The van der Waals surface area contributed by atoms with Gasteiger partial charge >= 0.3 is 19.3 Å². The van der Waals surface area contributed by atoms with E-state index in [2.05, 4.69) is 4.98 Å². The summed E-state index contributed by atoms with van der Waals surface area (Å²) in [6.45, 7) is 5.15. The lowest BCUT2D eigenvalue weighted by molar-refractivity contribution is -0.154. The molecule has 0 radical (unpaired) electrons. The van der Waals surface area contributed by atoms with E-state index in [1.54, 1.807) is 32.9 Å². The van der Waals surface area contributed by atoms with Crippen LogP contribution in [0.4, 0.5) is 5.82 Å². The van der Waals surface area contributed by atoms with Crippen molar-refractivity contribution in [3.8, 4) is 0 Å². The zero-order valence-corrected chi connectivity index (χ0v) is 17.0. The Bertz CT molecular complexity index is 800. The third-order valence-electron chi connectivity index (χ3n) is 3.93. The van der Waals surface area contributed by atoms with Gasteiger partial charge in [-0.2, -0.15) is 4.98 Å². The molecule has 156 valence electrons. The van der Waals surface area contributed by atoms with E-state index in [0.29, 0.717) is 6.42 Å². The van der Waals surface area contributed by atoms with Crippen LogP contribution in [-0.4, -0.2) is 47.3 Å². The van der Waals surface area contributed by atoms with E-state index < -0.39 is 31.2 Å². The van der Waals surface area contributed by atoms with Gasteiger partial charge in [0, 0.05) is 12.6 Å². The van der Waals surface area contributed by atoms with Crippen molar-refractivity contribution in [2.24, 2.45) is 0 Å². The first kappa shape index (κ1) is 22.3. The number of carbonyl (C=O) groups is 1. The highest BCUT2D eigenvalue weighted by Crippen LogP contribution is 2.54. The molecule has 0 aromatic carbocycles. The minimum Gasteiger partial charge on any atom is -0.464 e. The fraction of sp³-hybridized carbons (Fsp3) is 0.588. The maximum absolute atomic E-state index is 13.1. The predicted octanol–water partition coefficient (Wildman–Crippen LogP) is 1.87. The zero-order chi connectivity index (χ0) is 20.7. The van der Waals surface area contributed by atoms with E-state index in [1.165, 1.54) is 16.8 Å². The van der Waals surface area contributed by atoms with Gasteiger partial charge in [0.25, 0.3) is 5.85 Å². The Morgan fingerprint density at radius 2 is 1.96 bits per heavy atom. The van der Waals surface area contributed by atoms with Crippen LogP contribution in [0.15, 0.2) is 29.2 Å². The molecule has 0 aliphatic heterocycles. The number of anilines is 1. The van der Waals surface area contributed by atoms with Gasteiger partial charge in [0.05, 0.1) is 32.0 Å². The fourth-order valence-corrected chi connectivity index (χ4v) is 4.51. The molecule has 1 unspecified atom stereocenters. The Hall–Kier alpha value is -2.00. The monoisotopic (exact) mass is 415 g/mol. The number of carbonyl (C=O) groups excluding carboxylic acids is 1. The molecule has 1 aliphatic carbocycles. The maximum Gasteiger partial charge on any atom is 0.370 e. The number of esters is 1. The minimum absolute atomic E-state index is 0.0756. The molecule has 11 heteroatoms. The summed E-state index contributed by atoms with van der Waals surface area (Å²) in [5.41, 5.74) is 5.01. The highest BCUT2D eigenvalue weighted by Gasteiger charge is 2.45. The van der Waals surface area contributed by atoms with Crippen molar-refractivity contribution in [3.63, 3.8) is 0 Å². The van der Waals surface area contributed by atoms with Crippen LogP contribution in [-0.2, 0) is 27.9 Å². The first-order valence-electron chi connectivity index (χ1n) is 9.08. The Morgan fingerprint density at radius 3 is 2.54 bits per heavy atom. The van der Waals surface area contributed by atoms with Crippen molar-refractivity contribution in [3.05, 3.63) is 34.9 Å². The van der Waals surface area contributed by atoms with Crippen LogP contribution in [0.1, 0.15) is 33.2 Å². The summed E-state index contributed by atoms with van der Waals surface area (Å²) in [4.78, 5) is 28.1. The van der Waals surface area contributed by atoms with Crippen molar-refractivity contribution in [1.82, 2.24) is 9.55 Å². The van der Waals surface area contributed by atoms with Crippen LogP contribution < -0.4 is 11.4 Å². The number of ether oxygens (including phenoxy) is 2. The van der Waals surface area contributed by atoms with Gasteiger partial charge in [-0.1, -0.05) is 12.2 Å². The van der Waals surface area contributed by atoms with Crippen LogP contribution in [0.25, 0.3) is 0 Å². The lowest BCUT2D eigenvalue weighted by Crippen LogP contribution is -2.32. The maximum atomic E-state index is 13.1. The molecule has 1 heterocycles. The van der Waals surface area contributed by atoms with Gasteiger partial charge in [0.15, 0.2) is 0 Å². The number of nitrogens with zero attached hydrogens (tertiary/aromatic N) is 2. The van der Waals surface area contributed by atoms with Gasteiger partial charge in [-0.15, -0.1) is 0 Å². The predicted molar refractivity (Wildman–Crippen MR) is 102 cm³/mol. The fourth-order valence-electron chi connectivity index (χ4n) is 2.80. The molecule has 2 N–H and O–H groups in total. The highest BCUT2D eigenvalue weighted by molar-refractivity contribution is 7.55. The van der Waals surface area contributed by atoms with E-state index >= 15 is 0 Å². The zero-order valence-electron chi connectivity index (χ0n) is 16.1. The highest BCUT2D eigenvalue weighted by atomic mass is 31.2. The molecule has 1 aromatic heterocycles. The normalized spacial score (nSPS) is 20.2. The van der Waals surface area contributed by atoms with Crippen LogP contribution in [0.5, 0.6) is 0 Å². The second kappa shape index (κ2) is 9.97. The Kier molecular flexibility index (Phi) is 7.94. The molecular weight excluding hydrogens is 389 g/mol. The molecule has 0 saturated carbocycles. The summed E-state index contributed by atoms with van der Waals surface area (Å²) in [5.74, 6) is -2.22. The molecule has 0 amide bonds. The number of aromatic nitrogens is 2. The van der Waals surface area contributed by atoms with E-state index in [1.807, 2.05) is 0 Å². The molecule has 3 atom stereocenters. The molecule has 0 saturated heterocycles. The van der Waals surface area contributed by atoms with Crippen molar-refractivity contribution in [2.45, 2.75) is 45.2 Å². The average molecular weight is 415 g/mol. The third kappa shape index (κ3) is 5.29. The second-order valence-corrected chi connectivity index (χ2v) is 7.95. The molecule has 1 aliphatic rings. The van der Waals surface area contributed by atoms with Crippen molar-refractivity contribution in [1.29, 1.82) is 0 Å². The SMILES string of the molecule is CCOC(=O)C(O[C@H]1C=C[C@@H](n2ccc(N)nc2=O)C1)P(=O)(OCC)OCC. The first-order chi connectivity index (χ1) is 13.3. The molecule has 0 fully saturated rings. The number of nitrogens with two attached hydrogens (primary N) is 1. The Labute approximate surface area is 163 Å². The van der Waals surface area contributed by atoms with Crippen LogP contribution >= 0.6 is 7.60 Å². The van der Waals surface area contributed by atoms with Crippen LogP contribution in [0, 0.1) is 0 Å². The van der Waals surface area contributed by atoms with Crippen LogP contribution in [0.3, 0.4) is 0 Å². The first-order valence-corrected chi connectivity index (χ1v) is 10.7. The summed E-state index contributed by atoms with van der Waals surface area (Å²) >= 11 is 0. The topological polar surface area (TPSA) is 132 Å². The second-order valence-electron chi connectivity index (χ2n) is 5.88. The number of rotatable bonds is 10. The molecule has 2 rings (SSSR count). The van der Waals surface area contributed by atoms with Crippen LogP contribution in [0.2, 0.25) is 0 Å². The van der Waals surface area contributed by atoms with E-state index in [0.717, 1.165) is 0 Å². The Balaban J connectivity index is 2.18. The van der Waals surface area contributed by atoms with E-state index in [9.17, 15) is 14.2 Å². The lowest BCUT2D eigenvalue weighted by Gasteiger charge is -2.27. The number of hydrogen-bond acceptors (Lipinski definition) is 9. The molecule has 0 spiro atoms. The van der Waals surface area contributed by atoms with Gasteiger partial charge in [0.1, 0.15) is 5.82 Å². The summed E-state index contributed by atoms with van der Waals surface area (Å²) in [5, 5.41) is 0. The van der Waals surface area contributed by atoms with E-state index in [4.69, 9.17) is 24.3 Å². The number of allylic oxidation sites excluding steroid dienone is 1. The summed E-state index contributed by atoms with van der Waals surface area (Å²) < 4.78 is 35.8.